The zero-order valence-electron chi connectivity index (χ0n) is 13.3. The average molecular weight is 296 g/mol. The van der Waals surface area contributed by atoms with E-state index in [-0.39, 0.29) is 6.04 Å². The molecular weight excluding hydrogens is 272 g/mol. The maximum Gasteiger partial charge on any atom is 0.121 e. The summed E-state index contributed by atoms with van der Waals surface area (Å²) in [4.78, 5) is 2.45. The maximum atomic E-state index is 6.37. The van der Waals surface area contributed by atoms with Gasteiger partial charge in [-0.25, -0.2) is 0 Å². The molecule has 2 N–H and O–H groups in total. The summed E-state index contributed by atoms with van der Waals surface area (Å²) >= 11 is 0. The van der Waals surface area contributed by atoms with E-state index >= 15 is 0 Å². The van der Waals surface area contributed by atoms with Crippen LogP contribution >= 0.6 is 0 Å². The molecule has 0 unspecified atom stereocenters. The second kappa shape index (κ2) is 6.51. The number of methoxy groups -OCH3 is 1. The van der Waals surface area contributed by atoms with Crippen LogP contribution in [0.4, 0.5) is 0 Å². The fourth-order valence-corrected chi connectivity index (χ4v) is 3.39. The van der Waals surface area contributed by atoms with Gasteiger partial charge in [-0.1, -0.05) is 42.5 Å². The zero-order valence-corrected chi connectivity index (χ0v) is 13.3. The van der Waals surface area contributed by atoms with Crippen LogP contribution in [0.5, 0.6) is 5.75 Å². The molecule has 3 rings (SSSR count). The Kier molecular flexibility index (Phi) is 4.46. The predicted molar refractivity (Wildman–Crippen MR) is 90.2 cm³/mol. The Labute approximate surface area is 132 Å². The minimum atomic E-state index is 0.210. The van der Waals surface area contributed by atoms with Gasteiger partial charge in [0.05, 0.1) is 7.11 Å². The molecule has 0 saturated carbocycles. The Morgan fingerprint density at radius 2 is 1.91 bits per heavy atom. The quantitative estimate of drug-likeness (QED) is 0.943. The van der Waals surface area contributed by atoms with Crippen molar-refractivity contribution in [3.63, 3.8) is 0 Å². The van der Waals surface area contributed by atoms with E-state index in [1.807, 2.05) is 0 Å². The van der Waals surface area contributed by atoms with E-state index in [9.17, 15) is 0 Å². The lowest BCUT2D eigenvalue weighted by Gasteiger charge is -2.17. The molecule has 0 spiro atoms. The SMILES string of the molecule is COc1ccc(CN2C[C@@H](N)[C@H](c3ccccc3)C2)cc1C. The molecule has 2 atom stereocenters. The Balaban J connectivity index is 1.69. The highest BCUT2D eigenvalue weighted by Gasteiger charge is 2.30. The van der Waals surface area contributed by atoms with E-state index in [4.69, 9.17) is 10.5 Å². The smallest absolute Gasteiger partial charge is 0.121 e. The lowest BCUT2D eigenvalue weighted by Crippen LogP contribution is -2.28. The molecule has 0 bridgehead atoms. The van der Waals surface area contributed by atoms with Gasteiger partial charge < -0.3 is 10.5 Å². The molecule has 2 aromatic rings. The Hall–Kier alpha value is -1.84. The van der Waals surface area contributed by atoms with E-state index in [1.165, 1.54) is 16.7 Å². The summed E-state index contributed by atoms with van der Waals surface area (Å²) in [6, 6.07) is 17.2. The molecular formula is C19H24N2O. The molecule has 0 radical (unpaired) electrons. The second-order valence-corrected chi connectivity index (χ2v) is 6.18. The summed E-state index contributed by atoms with van der Waals surface area (Å²) < 4.78 is 5.33. The van der Waals surface area contributed by atoms with Crippen LogP contribution in [-0.2, 0) is 6.54 Å². The standard InChI is InChI=1S/C19H24N2O/c1-14-10-15(8-9-19(14)22-2)11-21-12-17(18(20)13-21)16-6-4-3-5-7-16/h3-10,17-18H,11-13,20H2,1-2H3/t17-,18+/m0/s1. The Bertz CT molecular complexity index is 627. The van der Waals surface area contributed by atoms with Crippen LogP contribution in [-0.4, -0.2) is 31.1 Å². The van der Waals surface area contributed by atoms with E-state index in [0.29, 0.717) is 5.92 Å². The number of hydrogen-bond donors (Lipinski definition) is 1. The number of rotatable bonds is 4. The minimum Gasteiger partial charge on any atom is -0.496 e. The van der Waals surface area contributed by atoms with Gasteiger partial charge >= 0.3 is 0 Å². The van der Waals surface area contributed by atoms with E-state index < -0.39 is 0 Å². The van der Waals surface area contributed by atoms with Crippen LogP contribution in [0.2, 0.25) is 0 Å². The van der Waals surface area contributed by atoms with Crippen molar-refractivity contribution in [3.8, 4) is 5.75 Å². The summed E-state index contributed by atoms with van der Waals surface area (Å²) in [6.07, 6.45) is 0. The summed E-state index contributed by atoms with van der Waals surface area (Å²) in [6.45, 7) is 5.01. The largest absolute Gasteiger partial charge is 0.496 e. The first kappa shape index (κ1) is 15.1. The first-order valence-electron chi connectivity index (χ1n) is 7.84. The first-order valence-corrected chi connectivity index (χ1v) is 7.84. The molecule has 1 aliphatic heterocycles. The van der Waals surface area contributed by atoms with Crippen molar-refractivity contribution in [1.82, 2.24) is 4.90 Å². The van der Waals surface area contributed by atoms with Gasteiger partial charge in [0.1, 0.15) is 5.75 Å². The number of aryl methyl sites for hydroxylation is 1. The van der Waals surface area contributed by atoms with Crippen molar-refractivity contribution in [1.29, 1.82) is 0 Å². The van der Waals surface area contributed by atoms with Crippen LogP contribution in [0.15, 0.2) is 48.5 Å². The molecule has 3 nitrogen and oxygen atoms in total. The first-order chi connectivity index (χ1) is 10.7. The minimum absolute atomic E-state index is 0.210. The number of nitrogens with two attached hydrogens (primary N) is 1. The molecule has 22 heavy (non-hydrogen) atoms. The molecule has 0 aliphatic carbocycles. The summed E-state index contributed by atoms with van der Waals surface area (Å²) in [5.41, 5.74) is 10.2. The highest BCUT2D eigenvalue weighted by Crippen LogP contribution is 2.28. The number of benzene rings is 2. The molecule has 2 aromatic carbocycles. The molecule has 0 amide bonds. The van der Waals surface area contributed by atoms with Crippen molar-refractivity contribution in [2.45, 2.75) is 25.4 Å². The molecule has 116 valence electrons. The summed E-state index contributed by atoms with van der Waals surface area (Å²) in [5.74, 6) is 1.38. The van der Waals surface area contributed by atoms with Gasteiger partial charge in [-0.2, -0.15) is 0 Å². The number of likely N-dealkylation sites (tertiary alicyclic amines) is 1. The lowest BCUT2D eigenvalue weighted by atomic mass is 9.95. The fraction of sp³-hybridized carbons (Fsp3) is 0.368. The van der Waals surface area contributed by atoms with Gasteiger partial charge in [0, 0.05) is 31.6 Å². The fourth-order valence-electron chi connectivity index (χ4n) is 3.39. The Morgan fingerprint density at radius 3 is 2.59 bits per heavy atom. The third kappa shape index (κ3) is 3.16. The molecule has 0 aromatic heterocycles. The van der Waals surface area contributed by atoms with Crippen molar-refractivity contribution >= 4 is 0 Å². The van der Waals surface area contributed by atoms with Crippen molar-refractivity contribution in [3.05, 3.63) is 65.2 Å². The third-order valence-electron chi connectivity index (χ3n) is 4.53. The van der Waals surface area contributed by atoms with E-state index in [1.54, 1.807) is 7.11 Å². The predicted octanol–water partition coefficient (Wildman–Crippen LogP) is 2.93. The highest BCUT2D eigenvalue weighted by molar-refractivity contribution is 5.36. The molecule has 3 heteroatoms. The zero-order chi connectivity index (χ0) is 15.5. The summed E-state index contributed by atoms with van der Waals surface area (Å²) in [7, 11) is 1.71. The topological polar surface area (TPSA) is 38.5 Å². The van der Waals surface area contributed by atoms with Gasteiger partial charge in [0.15, 0.2) is 0 Å². The number of nitrogens with zero attached hydrogens (tertiary/aromatic N) is 1. The van der Waals surface area contributed by atoms with Gasteiger partial charge in [-0.05, 0) is 29.7 Å². The van der Waals surface area contributed by atoms with E-state index in [0.717, 1.165) is 25.4 Å². The van der Waals surface area contributed by atoms with Crippen molar-refractivity contribution in [2.24, 2.45) is 5.73 Å². The molecule has 1 saturated heterocycles. The van der Waals surface area contributed by atoms with Crippen LogP contribution in [0.25, 0.3) is 0 Å². The van der Waals surface area contributed by atoms with Gasteiger partial charge in [-0.3, -0.25) is 4.90 Å². The number of hydrogen-bond acceptors (Lipinski definition) is 3. The van der Waals surface area contributed by atoms with Gasteiger partial charge in [0.25, 0.3) is 0 Å². The average Bonchev–Trinajstić information content (AvgIpc) is 2.89. The van der Waals surface area contributed by atoms with Crippen LogP contribution < -0.4 is 10.5 Å². The van der Waals surface area contributed by atoms with E-state index in [2.05, 4.69) is 60.4 Å². The van der Waals surface area contributed by atoms with Gasteiger partial charge in [0.2, 0.25) is 0 Å². The van der Waals surface area contributed by atoms with Crippen LogP contribution in [0.3, 0.4) is 0 Å². The maximum absolute atomic E-state index is 6.37. The highest BCUT2D eigenvalue weighted by atomic mass is 16.5. The lowest BCUT2D eigenvalue weighted by molar-refractivity contribution is 0.323. The molecule has 1 aliphatic rings. The monoisotopic (exact) mass is 296 g/mol. The van der Waals surface area contributed by atoms with Crippen molar-refractivity contribution < 1.29 is 4.74 Å². The Morgan fingerprint density at radius 1 is 1.14 bits per heavy atom. The van der Waals surface area contributed by atoms with Crippen molar-refractivity contribution in [2.75, 3.05) is 20.2 Å². The molecule has 1 heterocycles. The third-order valence-corrected chi connectivity index (χ3v) is 4.53. The van der Waals surface area contributed by atoms with Crippen LogP contribution in [0, 0.1) is 6.92 Å². The van der Waals surface area contributed by atoms with Gasteiger partial charge in [-0.15, -0.1) is 0 Å². The number of ether oxygens (including phenoxy) is 1. The normalized spacial score (nSPS) is 22.0. The second-order valence-electron chi connectivity index (χ2n) is 6.18. The summed E-state index contributed by atoms with van der Waals surface area (Å²) in [5, 5.41) is 0. The molecule has 1 fully saturated rings. The van der Waals surface area contributed by atoms with Crippen LogP contribution in [0.1, 0.15) is 22.6 Å².